The van der Waals surface area contributed by atoms with Crippen LogP contribution in [0.3, 0.4) is 0 Å². The molecule has 0 rings (SSSR count). The molecule has 0 aliphatic rings. The maximum absolute atomic E-state index is 11.1. The van der Waals surface area contributed by atoms with Crippen molar-refractivity contribution in [2.45, 2.75) is 38.1 Å². The molecule has 0 heterocycles. The smallest absolute Gasteiger partial charge is 0.323 e. The number of carbonyl (C=O) groups is 1. The van der Waals surface area contributed by atoms with Gasteiger partial charge in [-0.25, -0.2) is 0 Å². The van der Waals surface area contributed by atoms with Crippen molar-refractivity contribution < 1.29 is 9.90 Å². The summed E-state index contributed by atoms with van der Waals surface area (Å²) in [5.41, 5.74) is 15.5. The molecule has 0 bridgehead atoms. The van der Waals surface area contributed by atoms with E-state index in [1.54, 1.807) is 0 Å². The summed E-state index contributed by atoms with van der Waals surface area (Å²) in [6, 6.07) is 0. The van der Waals surface area contributed by atoms with Gasteiger partial charge in [-0.2, -0.15) is 0 Å². The maximum Gasteiger partial charge on any atom is 0.323 e. The molecule has 0 saturated heterocycles. The molecule has 0 fully saturated rings. The van der Waals surface area contributed by atoms with Crippen molar-refractivity contribution in [3.05, 3.63) is 0 Å². The van der Waals surface area contributed by atoms with E-state index in [9.17, 15) is 4.79 Å². The summed E-state index contributed by atoms with van der Waals surface area (Å²) in [5.74, 6) is -1.02. The van der Waals surface area contributed by atoms with Crippen LogP contribution in [-0.4, -0.2) is 29.7 Å². The molecule has 0 aliphatic heterocycles. The predicted molar refractivity (Wildman–Crippen MR) is 60.3 cm³/mol. The van der Waals surface area contributed by atoms with Crippen molar-refractivity contribution >= 4 is 5.97 Å². The largest absolute Gasteiger partial charge is 0.480 e. The van der Waals surface area contributed by atoms with Crippen molar-refractivity contribution in [2.75, 3.05) is 13.1 Å². The molecular formula is C10H23N3O2. The molecule has 15 heavy (non-hydrogen) atoms. The third-order valence-electron chi connectivity index (χ3n) is 2.91. The number of nitrogens with two attached hydrogens (primary N) is 3. The summed E-state index contributed by atoms with van der Waals surface area (Å²) in [4.78, 5) is 11.1. The fraction of sp³-hybridized carbons (Fsp3) is 0.900. The molecule has 0 saturated carbocycles. The molecule has 0 spiro atoms. The van der Waals surface area contributed by atoms with Gasteiger partial charge in [0.25, 0.3) is 0 Å². The Kier molecular flexibility index (Phi) is 6.47. The number of carboxylic acid groups (broad SMARTS) is 1. The molecule has 0 aromatic heterocycles. The summed E-state index contributed by atoms with van der Waals surface area (Å²) in [6.07, 6.45) is 2.60. The van der Waals surface area contributed by atoms with E-state index in [4.69, 9.17) is 22.3 Å². The molecule has 0 aromatic rings. The molecule has 5 heteroatoms. The first-order chi connectivity index (χ1) is 6.99. The second kappa shape index (κ2) is 6.76. The fourth-order valence-electron chi connectivity index (χ4n) is 1.64. The number of hydrogen-bond donors (Lipinski definition) is 4. The third kappa shape index (κ3) is 4.15. The number of carboxylic acids is 1. The Bertz CT molecular complexity index is 199. The van der Waals surface area contributed by atoms with E-state index in [0.29, 0.717) is 25.9 Å². The van der Waals surface area contributed by atoms with Crippen LogP contribution in [0.5, 0.6) is 0 Å². The average Bonchev–Trinajstić information content (AvgIpc) is 2.21. The van der Waals surface area contributed by atoms with E-state index in [-0.39, 0.29) is 5.92 Å². The average molecular weight is 217 g/mol. The van der Waals surface area contributed by atoms with E-state index in [1.165, 1.54) is 0 Å². The van der Waals surface area contributed by atoms with Gasteiger partial charge >= 0.3 is 5.97 Å². The van der Waals surface area contributed by atoms with E-state index in [1.807, 2.05) is 6.92 Å². The molecule has 5 nitrogen and oxygen atoms in total. The minimum absolute atomic E-state index is 0.0786. The maximum atomic E-state index is 11.1. The number of aliphatic carboxylic acids is 1. The van der Waals surface area contributed by atoms with Crippen molar-refractivity contribution in [1.29, 1.82) is 0 Å². The standard InChI is InChI=1S/C10H23N3O2/c1-8(4-2-6-11)10(13,9(14)15)5-3-7-12/h8H,2-7,11-13H2,1H3,(H,14,15). The summed E-state index contributed by atoms with van der Waals surface area (Å²) in [6.45, 7) is 2.90. The van der Waals surface area contributed by atoms with E-state index in [0.717, 1.165) is 12.8 Å². The Morgan fingerprint density at radius 3 is 2.27 bits per heavy atom. The summed E-state index contributed by atoms with van der Waals surface area (Å²) in [7, 11) is 0. The molecule has 0 aliphatic carbocycles. The minimum Gasteiger partial charge on any atom is -0.480 e. The van der Waals surface area contributed by atoms with E-state index < -0.39 is 11.5 Å². The van der Waals surface area contributed by atoms with E-state index >= 15 is 0 Å². The topological polar surface area (TPSA) is 115 Å². The van der Waals surface area contributed by atoms with Gasteiger partial charge in [-0.05, 0) is 44.7 Å². The van der Waals surface area contributed by atoms with Crippen LogP contribution in [0, 0.1) is 5.92 Å². The van der Waals surface area contributed by atoms with Crippen molar-refractivity contribution in [1.82, 2.24) is 0 Å². The van der Waals surface area contributed by atoms with Crippen molar-refractivity contribution in [2.24, 2.45) is 23.1 Å². The molecule has 0 aromatic carbocycles. The molecule has 90 valence electrons. The zero-order valence-electron chi connectivity index (χ0n) is 9.41. The predicted octanol–water partition coefficient (Wildman–Crippen LogP) is -0.118. The number of rotatable bonds is 8. The minimum atomic E-state index is -1.16. The Morgan fingerprint density at radius 1 is 1.33 bits per heavy atom. The lowest BCUT2D eigenvalue weighted by molar-refractivity contribution is -0.145. The zero-order valence-corrected chi connectivity index (χ0v) is 9.41. The Hall–Kier alpha value is -0.650. The van der Waals surface area contributed by atoms with Crippen LogP contribution in [-0.2, 0) is 4.79 Å². The Morgan fingerprint density at radius 2 is 1.87 bits per heavy atom. The van der Waals surface area contributed by atoms with Gasteiger partial charge in [-0.1, -0.05) is 6.92 Å². The van der Waals surface area contributed by atoms with Gasteiger partial charge in [0.1, 0.15) is 5.54 Å². The summed E-state index contributed by atoms with van der Waals surface area (Å²) < 4.78 is 0. The molecular weight excluding hydrogens is 194 g/mol. The molecule has 2 atom stereocenters. The van der Waals surface area contributed by atoms with Crippen LogP contribution >= 0.6 is 0 Å². The zero-order chi connectivity index (χ0) is 11.9. The van der Waals surface area contributed by atoms with Gasteiger partial charge in [0.15, 0.2) is 0 Å². The lowest BCUT2D eigenvalue weighted by Crippen LogP contribution is -2.53. The van der Waals surface area contributed by atoms with E-state index in [2.05, 4.69) is 0 Å². The first kappa shape index (κ1) is 14.3. The van der Waals surface area contributed by atoms with Crippen LogP contribution in [0.2, 0.25) is 0 Å². The molecule has 2 unspecified atom stereocenters. The Labute approximate surface area is 91.0 Å². The highest BCUT2D eigenvalue weighted by Gasteiger charge is 2.38. The molecule has 0 amide bonds. The fourth-order valence-corrected chi connectivity index (χ4v) is 1.64. The molecule has 7 N–H and O–H groups in total. The van der Waals surface area contributed by atoms with Gasteiger partial charge in [0.2, 0.25) is 0 Å². The van der Waals surface area contributed by atoms with Crippen LogP contribution in [0.4, 0.5) is 0 Å². The third-order valence-corrected chi connectivity index (χ3v) is 2.91. The van der Waals surface area contributed by atoms with Crippen LogP contribution < -0.4 is 17.2 Å². The number of hydrogen-bond acceptors (Lipinski definition) is 4. The van der Waals surface area contributed by atoms with Crippen LogP contribution in [0.1, 0.15) is 32.6 Å². The summed E-state index contributed by atoms with van der Waals surface area (Å²) in [5, 5.41) is 9.13. The first-order valence-electron chi connectivity index (χ1n) is 5.41. The van der Waals surface area contributed by atoms with Crippen LogP contribution in [0.15, 0.2) is 0 Å². The highest BCUT2D eigenvalue weighted by atomic mass is 16.4. The summed E-state index contributed by atoms with van der Waals surface area (Å²) >= 11 is 0. The van der Waals surface area contributed by atoms with Gasteiger partial charge < -0.3 is 22.3 Å². The SMILES string of the molecule is CC(CCCN)C(N)(CCCN)C(=O)O. The second-order valence-corrected chi connectivity index (χ2v) is 4.07. The monoisotopic (exact) mass is 217 g/mol. The second-order valence-electron chi connectivity index (χ2n) is 4.07. The van der Waals surface area contributed by atoms with Gasteiger partial charge in [0.05, 0.1) is 0 Å². The van der Waals surface area contributed by atoms with Crippen LogP contribution in [0.25, 0.3) is 0 Å². The van der Waals surface area contributed by atoms with Gasteiger partial charge in [-0.3, -0.25) is 4.79 Å². The van der Waals surface area contributed by atoms with Gasteiger partial charge in [-0.15, -0.1) is 0 Å². The molecule has 0 radical (unpaired) electrons. The highest BCUT2D eigenvalue weighted by molar-refractivity contribution is 5.78. The van der Waals surface area contributed by atoms with Crippen molar-refractivity contribution in [3.63, 3.8) is 0 Å². The Balaban J connectivity index is 4.40. The lowest BCUT2D eigenvalue weighted by Gasteiger charge is -2.31. The van der Waals surface area contributed by atoms with Crippen molar-refractivity contribution in [3.8, 4) is 0 Å². The highest BCUT2D eigenvalue weighted by Crippen LogP contribution is 2.24. The first-order valence-corrected chi connectivity index (χ1v) is 5.41. The normalized spacial score (nSPS) is 17.1. The van der Waals surface area contributed by atoms with Gasteiger partial charge in [0, 0.05) is 0 Å². The quantitative estimate of drug-likeness (QED) is 0.452. The lowest BCUT2D eigenvalue weighted by atomic mass is 9.79.